The number of Topliss-reactive ketones (excluding diaryl/α,β-unsaturated/α-hetero) is 1. The van der Waals surface area contributed by atoms with Crippen molar-refractivity contribution in [3.63, 3.8) is 0 Å². The second kappa shape index (κ2) is 8.18. The standard InChI is InChI=1S/C24H18ClN3O6/c25-18-4-2-1-3-17(18)22(30)26(12-19(29)13-7-9-16(10-8-13)28(33)34)27-23(31)20-14-5-6-15(11-14)21(20)24(27)32/h1-10,14-15,20-21H,11-12H2/t14-,15-,20+,21+/m0/s1. The molecule has 3 amide bonds. The number of hydrogen-bond donors (Lipinski definition) is 0. The van der Waals surface area contributed by atoms with Crippen LogP contribution in [0.5, 0.6) is 0 Å². The lowest BCUT2D eigenvalue weighted by Gasteiger charge is -2.31. The molecule has 9 nitrogen and oxygen atoms in total. The summed E-state index contributed by atoms with van der Waals surface area (Å²) in [6.45, 7) is -0.610. The Kier molecular flexibility index (Phi) is 5.28. The van der Waals surface area contributed by atoms with E-state index in [9.17, 15) is 29.3 Å². The van der Waals surface area contributed by atoms with Gasteiger partial charge in [0.1, 0.15) is 6.54 Å². The summed E-state index contributed by atoms with van der Waals surface area (Å²) < 4.78 is 0. The fourth-order valence-corrected chi connectivity index (χ4v) is 5.34. The minimum Gasteiger partial charge on any atom is -0.292 e. The number of carbonyl (C=O) groups excluding carboxylic acids is 4. The monoisotopic (exact) mass is 479 g/mol. The van der Waals surface area contributed by atoms with E-state index in [1.54, 1.807) is 12.1 Å². The Morgan fingerprint density at radius 3 is 2.15 bits per heavy atom. The van der Waals surface area contributed by atoms with Gasteiger partial charge in [0.2, 0.25) is 0 Å². The minimum absolute atomic E-state index is 0.0411. The number of ketones is 1. The van der Waals surface area contributed by atoms with Gasteiger partial charge in [-0.05, 0) is 42.5 Å². The van der Waals surface area contributed by atoms with Gasteiger partial charge in [-0.15, -0.1) is 0 Å². The Morgan fingerprint density at radius 1 is 1.00 bits per heavy atom. The molecule has 2 fully saturated rings. The third kappa shape index (κ3) is 3.40. The number of halogens is 1. The summed E-state index contributed by atoms with van der Waals surface area (Å²) in [7, 11) is 0. The van der Waals surface area contributed by atoms with Gasteiger partial charge in [-0.1, -0.05) is 35.9 Å². The molecule has 0 N–H and O–H groups in total. The molecule has 34 heavy (non-hydrogen) atoms. The Labute approximate surface area is 198 Å². The van der Waals surface area contributed by atoms with E-state index >= 15 is 0 Å². The van der Waals surface area contributed by atoms with Crippen molar-refractivity contribution in [3.8, 4) is 0 Å². The number of nitrogens with zero attached hydrogens (tertiary/aromatic N) is 3. The Balaban J connectivity index is 1.49. The molecular weight excluding hydrogens is 462 g/mol. The maximum Gasteiger partial charge on any atom is 0.274 e. The average Bonchev–Trinajstić information content (AvgIpc) is 3.51. The van der Waals surface area contributed by atoms with E-state index in [4.69, 9.17) is 11.6 Å². The molecule has 0 spiro atoms. The lowest BCUT2D eigenvalue weighted by molar-refractivity contribution is -0.384. The van der Waals surface area contributed by atoms with Crippen molar-refractivity contribution in [3.05, 3.63) is 86.9 Å². The predicted octanol–water partition coefficient (Wildman–Crippen LogP) is 3.30. The molecule has 5 rings (SSSR count). The topological polar surface area (TPSA) is 118 Å². The SMILES string of the molecule is O=C(CN(C(=O)c1ccccc1Cl)N1C(=O)[C@H]2[C@H](C1=O)[C@H]1C=C[C@H]2C1)c1ccc([N+](=O)[O-])cc1. The van der Waals surface area contributed by atoms with Gasteiger partial charge in [-0.3, -0.25) is 29.3 Å². The smallest absolute Gasteiger partial charge is 0.274 e. The van der Waals surface area contributed by atoms with Gasteiger partial charge in [0, 0.05) is 17.7 Å². The molecule has 0 unspecified atom stereocenters. The number of non-ortho nitro benzene ring substituents is 1. The quantitative estimate of drug-likeness (QED) is 0.206. The molecule has 2 bridgehead atoms. The van der Waals surface area contributed by atoms with Crippen molar-refractivity contribution in [2.45, 2.75) is 6.42 Å². The molecule has 1 aliphatic heterocycles. The first-order chi connectivity index (χ1) is 16.3. The van der Waals surface area contributed by atoms with Crippen LogP contribution in [-0.2, 0) is 9.59 Å². The summed E-state index contributed by atoms with van der Waals surface area (Å²) in [5, 5.41) is 12.7. The first kappa shape index (κ1) is 22.0. The van der Waals surface area contributed by atoms with Crippen LogP contribution in [0.2, 0.25) is 5.02 Å². The van der Waals surface area contributed by atoms with Crippen LogP contribution in [0.4, 0.5) is 5.69 Å². The van der Waals surface area contributed by atoms with Gasteiger partial charge in [0.25, 0.3) is 23.4 Å². The second-order valence-corrected chi connectivity index (χ2v) is 8.97. The maximum atomic E-state index is 13.5. The lowest BCUT2D eigenvalue weighted by Crippen LogP contribution is -2.52. The Bertz CT molecular complexity index is 1240. The molecule has 10 heteroatoms. The number of fused-ring (bicyclic) bond motifs is 5. The number of amides is 3. The van der Waals surface area contributed by atoms with E-state index in [0.717, 1.165) is 16.4 Å². The zero-order valence-corrected chi connectivity index (χ0v) is 18.4. The van der Waals surface area contributed by atoms with Crippen LogP contribution in [0.1, 0.15) is 27.1 Å². The number of carbonyl (C=O) groups is 4. The number of imide groups is 1. The van der Waals surface area contributed by atoms with E-state index in [2.05, 4.69) is 0 Å². The summed E-state index contributed by atoms with van der Waals surface area (Å²) in [6, 6.07) is 11.0. The maximum absolute atomic E-state index is 13.5. The van der Waals surface area contributed by atoms with Crippen LogP contribution >= 0.6 is 11.6 Å². The predicted molar refractivity (Wildman–Crippen MR) is 119 cm³/mol. The summed E-state index contributed by atoms with van der Waals surface area (Å²) >= 11 is 6.20. The molecule has 0 aromatic heterocycles. The third-order valence-electron chi connectivity index (χ3n) is 6.72. The van der Waals surface area contributed by atoms with Crippen molar-refractivity contribution in [2.24, 2.45) is 23.7 Å². The van der Waals surface area contributed by atoms with Gasteiger partial charge >= 0.3 is 0 Å². The average molecular weight is 480 g/mol. The molecular formula is C24H18ClN3O6. The zero-order chi connectivity index (χ0) is 24.1. The van der Waals surface area contributed by atoms with Gasteiger partial charge in [-0.2, -0.15) is 5.01 Å². The molecule has 4 atom stereocenters. The molecule has 2 aromatic rings. The Hall–Kier alpha value is -3.85. The van der Waals surface area contributed by atoms with E-state index < -0.39 is 46.8 Å². The molecule has 1 saturated carbocycles. The molecule has 1 saturated heterocycles. The number of rotatable bonds is 6. The highest BCUT2D eigenvalue weighted by atomic mass is 35.5. The van der Waals surface area contributed by atoms with Crippen LogP contribution in [0, 0.1) is 33.8 Å². The van der Waals surface area contributed by atoms with E-state index in [0.29, 0.717) is 0 Å². The van der Waals surface area contributed by atoms with Crippen LogP contribution < -0.4 is 0 Å². The van der Waals surface area contributed by atoms with Crippen molar-refractivity contribution in [1.82, 2.24) is 10.0 Å². The largest absolute Gasteiger partial charge is 0.292 e. The molecule has 0 radical (unpaired) electrons. The molecule has 2 aliphatic carbocycles. The molecule has 3 aliphatic rings. The molecule has 2 aromatic carbocycles. The van der Waals surface area contributed by atoms with Gasteiger partial charge in [-0.25, -0.2) is 5.01 Å². The highest BCUT2D eigenvalue weighted by Crippen LogP contribution is 2.52. The van der Waals surface area contributed by atoms with E-state index in [1.165, 1.54) is 36.4 Å². The molecule has 1 heterocycles. The number of nitro benzene ring substituents is 1. The van der Waals surface area contributed by atoms with Crippen molar-refractivity contribution in [2.75, 3.05) is 6.54 Å². The van der Waals surface area contributed by atoms with Crippen LogP contribution in [0.25, 0.3) is 0 Å². The third-order valence-corrected chi connectivity index (χ3v) is 7.05. The van der Waals surface area contributed by atoms with Crippen LogP contribution in [0.15, 0.2) is 60.7 Å². The number of hydrogen-bond acceptors (Lipinski definition) is 6. The van der Waals surface area contributed by atoms with Crippen molar-refractivity contribution < 1.29 is 24.1 Å². The number of benzene rings is 2. The minimum atomic E-state index is -0.761. The first-order valence-electron chi connectivity index (χ1n) is 10.7. The van der Waals surface area contributed by atoms with Crippen LogP contribution in [0.3, 0.4) is 0 Å². The number of hydrazine groups is 1. The highest BCUT2D eigenvalue weighted by molar-refractivity contribution is 6.34. The fourth-order valence-electron chi connectivity index (χ4n) is 5.13. The van der Waals surface area contributed by atoms with E-state index in [-0.39, 0.29) is 33.7 Å². The van der Waals surface area contributed by atoms with Crippen molar-refractivity contribution >= 4 is 40.8 Å². The van der Waals surface area contributed by atoms with Crippen molar-refractivity contribution in [1.29, 1.82) is 0 Å². The fraction of sp³-hybridized carbons (Fsp3) is 0.250. The van der Waals surface area contributed by atoms with E-state index in [1.807, 2.05) is 12.2 Å². The first-order valence-corrected chi connectivity index (χ1v) is 11.1. The highest BCUT2D eigenvalue weighted by Gasteiger charge is 2.61. The lowest BCUT2D eigenvalue weighted by atomic mass is 9.85. The number of nitro groups is 1. The summed E-state index contributed by atoms with van der Waals surface area (Å²) in [5.41, 5.74) is -0.0516. The Morgan fingerprint density at radius 2 is 1.59 bits per heavy atom. The van der Waals surface area contributed by atoms with Gasteiger partial charge < -0.3 is 0 Å². The summed E-state index contributed by atoms with van der Waals surface area (Å²) in [5.74, 6) is -3.63. The summed E-state index contributed by atoms with van der Waals surface area (Å²) in [4.78, 5) is 63.6. The molecule has 172 valence electrons. The van der Waals surface area contributed by atoms with Gasteiger partial charge in [0.05, 0.1) is 27.3 Å². The van der Waals surface area contributed by atoms with Gasteiger partial charge in [0.15, 0.2) is 5.78 Å². The number of allylic oxidation sites excluding steroid dienone is 2. The normalized spacial score (nSPS) is 24.4. The zero-order valence-electron chi connectivity index (χ0n) is 17.7. The van der Waals surface area contributed by atoms with Crippen LogP contribution in [-0.4, -0.2) is 45.0 Å². The summed E-state index contributed by atoms with van der Waals surface area (Å²) in [6.07, 6.45) is 4.59. The second-order valence-electron chi connectivity index (χ2n) is 8.56.